The third-order valence-electron chi connectivity index (χ3n) is 3.44. The number of methoxy groups -OCH3 is 1. The molecular weight excluding hydrogens is 363 g/mol. The molecule has 2 N–H and O–H groups in total. The Balaban J connectivity index is 1.67. The van der Waals surface area contributed by atoms with Crippen LogP contribution in [0.4, 0.5) is 15.8 Å². The molecule has 1 heterocycles. The first-order chi connectivity index (χ1) is 12.5. The van der Waals surface area contributed by atoms with Crippen molar-refractivity contribution < 1.29 is 18.8 Å². The SMILES string of the molecule is COc1ccc2nc(SCC(=O)Nc3ccc(F)cc3[N+](=O)[O-])[nH]c2c1. The summed E-state index contributed by atoms with van der Waals surface area (Å²) in [5.41, 5.74) is 0.930. The number of nitro benzene ring substituents is 1. The van der Waals surface area contributed by atoms with E-state index in [1.165, 1.54) is 0 Å². The second kappa shape index (κ2) is 7.40. The summed E-state index contributed by atoms with van der Waals surface area (Å²) >= 11 is 1.14. The lowest BCUT2D eigenvalue weighted by Crippen LogP contribution is -2.15. The Morgan fingerprint density at radius 2 is 2.19 bits per heavy atom. The minimum atomic E-state index is -0.752. The lowest BCUT2D eigenvalue weighted by Gasteiger charge is -2.05. The van der Waals surface area contributed by atoms with Crippen molar-refractivity contribution in [1.29, 1.82) is 0 Å². The molecule has 0 spiro atoms. The molecule has 0 atom stereocenters. The standard InChI is InChI=1S/C16H13FN4O4S/c1-25-10-3-5-11-13(7-10)20-16(19-11)26-8-15(22)18-12-4-2-9(17)6-14(12)21(23)24/h2-7H,8H2,1H3,(H,18,22)(H,19,20). The van der Waals surface area contributed by atoms with E-state index < -0.39 is 22.3 Å². The van der Waals surface area contributed by atoms with Gasteiger partial charge in [-0.2, -0.15) is 0 Å². The fourth-order valence-corrected chi connectivity index (χ4v) is 2.93. The first-order valence-corrected chi connectivity index (χ1v) is 8.35. The van der Waals surface area contributed by atoms with Crippen LogP contribution in [0.2, 0.25) is 0 Å². The number of imidazole rings is 1. The number of ether oxygens (including phenoxy) is 1. The van der Waals surface area contributed by atoms with Crippen molar-refractivity contribution in [2.45, 2.75) is 5.16 Å². The summed E-state index contributed by atoms with van der Waals surface area (Å²) in [7, 11) is 1.56. The second-order valence-electron chi connectivity index (χ2n) is 5.18. The number of thioether (sulfide) groups is 1. The summed E-state index contributed by atoms with van der Waals surface area (Å²) < 4.78 is 18.3. The molecule has 0 fully saturated rings. The fraction of sp³-hybridized carbons (Fsp3) is 0.125. The average Bonchev–Trinajstić information content (AvgIpc) is 3.03. The molecule has 0 aliphatic heterocycles. The summed E-state index contributed by atoms with van der Waals surface area (Å²) in [6.45, 7) is 0. The number of H-pyrrole nitrogens is 1. The molecule has 0 aliphatic rings. The maximum atomic E-state index is 13.1. The van der Waals surface area contributed by atoms with Crippen LogP contribution in [0.15, 0.2) is 41.6 Å². The smallest absolute Gasteiger partial charge is 0.295 e. The van der Waals surface area contributed by atoms with Crippen molar-refractivity contribution in [3.8, 4) is 5.75 Å². The van der Waals surface area contributed by atoms with Gasteiger partial charge in [-0.15, -0.1) is 0 Å². The van der Waals surface area contributed by atoms with E-state index in [1.807, 2.05) is 0 Å². The minimum absolute atomic E-state index is 0.0223. The number of hydrogen-bond acceptors (Lipinski definition) is 6. The molecule has 0 radical (unpaired) electrons. The minimum Gasteiger partial charge on any atom is -0.497 e. The van der Waals surface area contributed by atoms with Gasteiger partial charge in [0.15, 0.2) is 5.16 Å². The molecule has 0 aliphatic carbocycles. The number of nitrogens with one attached hydrogen (secondary N) is 2. The van der Waals surface area contributed by atoms with E-state index in [-0.39, 0.29) is 11.4 Å². The molecule has 1 amide bonds. The highest BCUT2D eigenvalue weighted by molar-refractivity contribution is 7.99. The molecule has 0 unspecified atom stereocenters. The van der Waals surface area contributed by atoms with Crippen LogP contribution >= 0.6 is 11.8 Å². The van der Waals surface area contributed by atoms with Gasteiger partial charge >= 0.3 is 0 Å². The summed E-state index contributed by atoms with van der Waals surface area (Å²) in [6.07, 6.45) is 0. The Morgan fingerprint density at radius 3 is 2.92 bits per heavy atom. The molecule has 0 saturated carbocycles. The lowest BCUT2D eigenvalue weighted by atomic mass is 10.2. The second-order valence-corrected chi connectivity index (χ2v) is 6.14. The van der Waals surface area contributed by atoms with Crippen molar-refractivity contribution in [3.63, 3.8) is 0 Å². The third-order valence-corrected chi connectivity index (χ3v) is 4.31. The highest BCUT2D eigenvalue weighted by atomic mass is 32.2. The van der Waals surface area contributed by atoms with E-state index in [0.29, 0.717) is 10.9 Å². The van der Waals surface area contributed by atoms with Gasteiger partial charge in [-0.1, -0.05) is 11.8 Å². The number of fused-ring (bicyclic) bond motifs is 1. The van der Waals surface area contributed by atoms with E-state index in [2.05, 4.69) is 15.3 Å². The Bertz CT molecular complexity index is 992. The molecule has 3 aromatic rings. The summed E-state index contributed by atoms with van der Waals surface area (Å²) in [5.74, 6) is -0.561. The Hall–Kier alpha value is -3.14. The zero-order valence-electron chi connectivity index (χ0n) is 13.5. The number of aromatic nitrogens is 2. The fourth-order valence-electron chi connectivity index (χ4n) is 2.24. The van der Waals surface area contributed by atoms with Gasteiger partial charge in [-0.05, 0) is 24.3 Å². The maximum Gasteiger partial charge on any atom is 0.295 e. The molecule has 8 nitrogen and oxygen atoms in total. The van der Waals surface area contributed by atoms with Gasteiger partial charge in [0.2, 0.25) is 5.91 Å². The molecule has 0 saturated heterocycles. The van der Waals surface area contributed by atoms with Gasteiger partial charge in [0, 0.05) is 6.07 Å². The summed E-state index contributed by atoms with van der Waals surface area (Å²) in [4.78, 5) is 29.6. The van der Waals surface area contributed by atoms with Gasteiger partial charge in [-0.3, -0.25) is 14.9 Å². The number of nitrogens with zero attached hydrogens (tertiary/aromatic N) is 2. The Labute approximate surface area is 150 Å². The highest BCUT2D eigenvalue weighted by Gasteiger charge is 2.17. The van der Waals surface area contributed by atoms with Crippen molar-refractivity contribution in [1.82, 2.24) is 9.97 Å². The molecule has 0 bridgehead atoms. The van der Waals surface area contributed by atoms with Crippen LogP contribution in [0.5, 0.6) is 5.75 Å². The topological polar surface area (TPSA) is 110 Å². The van der Waals surface area contributed by atoms with Gasteiger partial charge in [0.25, 0.3) is 5.69 Å². The van der Waals surface area contributed by atoms with Gasteiger partial charge in [0.1, 0.15) is 17.3 Å². The van der Waals surface area contributed by atoms with E-state index in [1.54, 1.807) is 25.3 Å². The summed E-state index contributed by atoms with van der Waals surface area (Å²) in [5, 5.41) is 13.9. The molecule has 2 aromatic carbocycles. The molecule has 134 valence electrons. The zero-order valence-corrected chi connectivity index (χ0v) is 14.3. The molecule has 10 heteroatoms. The molecular formula is C16H13FN4O4S. The van der Waals surface area contributed by atoms with Crippen molar-refractivity contribution in [2.75, 3.05) is 18.2 Å². The number of amides is 1. The number of benzene rings is 2. The number of aromatic amines is 1. The lowest BCUT2D eigenvalue weighted by molar-refractivity contribution is -0.384. The number of anilines is 1. The van der Waals surface area contributed by atoms with E-state index in [9.17, 15) is 19.3 Å². The Kier molecular flexibility index (Phi) is 5.03. The first kappa shape index (κ1) is 17.7. The Morgan fingerprint density at radius 1 is 1.38 bits per heavy atom. The number of hydrogen-bond donors (Lipinski definition) is 2. The number of nitro groups is 1. The van der Waals surface area contributed by atoms with Gasteiger partial charge in [-0.25, -0.2) is 9.37 Å². The summed E-state index contributed by atoms with van der Waals surface area (Å²) in [6, 6.07) is 8.31. The number of halogens is 1. The van der Waals surface area contributed by atoms with E-state index in [4.69, 9.17) is 4.74 Å². The normalized spacial score (nSPS) is 10.7. The van der Waals surface area contributed by atoms with E-state index >= 15 is 0 Å². The largest absolute Gasteiger partial charge is 0.497 e. The molecule has 1 aromatic heterocycles. The van der Waals surface area contributed by atoms with Crippen LogP contribution in [0, 0.1) is 15.9 Å². The van der Waals surface area contributed by atoms with Crippen LogP contribution < -0.4 is 10.1 Å². The first-order valence-electron chi connectivity index (χ1n) is 7.36. The van der Waals surface area contributed by atoms with Crippen molar-refractivity contribution in [2.24, 2.45) is 0 Å². The van der Waals surface area contributed by atoms with Crippen LogP contribution in [0.3, 0.4) is 0 Å². The van der Waals surface area contributed by atoms with Crippen LogP contribution in [-0.4, -0.2) is 33.7 Å². The highest BCUT2D eigenvalue weighted by Crippen LogP contribution is 2.26. The van der Waals surface area contributed by atoms with Gasteiger partial charge in [0.05, 0.1) is 34.9 Å². The van der Waals surface area contributed by atoms with Crippen LogP contribution in [0.25, 0.3) is 11.0 Å². The average molecular weight is 376 g/mol. The maximum absolute atomic E-state index is 13.1. The monoisotopic (exact) mass is 376 g/mol. The third kappa shape index (κ3) is 3.91. The molecule has 26 heavy (non-hydrogen) atoms. The van der Waals surface area contributed by atoms with Crippen LogP contribution in [0.1, 0.15) is 0 Å². The quantitative estimate of drug-likeness (QED) is 0.388. The number of carbonyl (C=O) groups excluding carboxylic acids is 1. The van der Waals surface area contributed by atoms with Gasteiger partial charge < -0.3 is 15.0 Å². The number of carbonyl (C=O) groups is 1. The predicted molar refractivity (Wildman–Crippen MR) is 95.1 cm³/mol. The van der Waals surface area contributed by atoms with Crippen molar-refractivity contribution in [3.05, 3.63) is 52.3 Å². The van der Waals surface area contributed by atoms with Crippen molar-refractivity contribution >= 4 is 40.1 Å². The molecule has 3 rings (SSSR count). The number of rotatable bonds is 6. The predicted octanol–water partition coefficient (Wildman–Crippen LogP) is 3.35. The van der Waals surface area contributed by atoms with Crippen LogP contribution in [-0.2, 0) is 4.79 Å². The zero-order chi connectivity index (χ0) is 18.7. The van der Waals surface area contributed by atoms with E-state index in [0.717, 1.165) is 41.0 Å².